The molecular weight excluding hydrogens is 358 g/mol. The number of carbonyl (C=O) groups excluding carboxylic acids is 1. The van der Waals surface area contributed by atoms with Gasteiger partial charge in [-0.2, -0.15) is 0 Å². The van der Waals surface area contributed by atoms with Crippen LogP contribution in [0.5, 0.6) is 0 Å². The van der Waals surface area contributed by atoms with Crippen LogP contribution in [0, 0.1) is 5.92 Å². The highest BCUT2D eigenvalue weighted by atomic mass is 19.3. The maximum absolute atomic E-state index is 13.3. The van der Waals surface area contributed by atoms with E-state index in [0.717, 1.165) is 12.0 Å². The number of nitrogens with one attached hydrogen (secondary N) is 1. The molecule has 0 aromatic heterocycles. The van der Waals surface area contributed by atoms with Crippen molar-refractivity contribution in [2.75, 3.05) is 0 Å². The van der Waals surface area contributed by atoms with Crippen molar-refractivity contribution < 1.29 is 22.4 Å². The zero-order chi connectivity index (χ0) is 19.2. The van der Waals surface area contributed by atoms with Crippen LogP contribution in [0.3, 0.4) is 0 Å². The first-order valence-electron chi connectivity index (χ1n) is 9.86. The number of hydrogen-bond donors (Lipinski definition) is 1. The molecule has 0 spiro atoms. The summed E-state index contributed by atoms with van der Waals surface area (Å²) < 4.78 is 52.4. The van der Waals surface area contributed by atoms with Crippen molar-refractivity contribution in [3.05, 3.63) is 35.4 Å². The Morgan fingerprint density at radius 1 is 1.07 bits per heavy atom. The summed E-state index contributed by atoms with van der Waals surface area (Å²) in [6, 6.07) is 7.86. The lowest BCUT2D eigenvalue weighted by molar-refractivity contribution is -0.109. The first-order valence-corrected chi connectivity index (χ1v) is 9.86. The largest absolute Gasteiger partial charge is 0.311 e. The molecule has 1 aromatic rings. The number of halogens is 4. The molecule has 1 aromatic carbocycles. The Labute approximate surface area is 156 Å². The average molecular weight is 383 g/mol. The molecule has 2 atom stereocenters. The first kappa shape index (κ1) is 18.9. The van der Waals surface area contributed by atoms with Crippen molar-refractivity contribution in [3.63, 3.8) is 0 Å². The minimum Gasteiger partial charge on any atom is -0.311 e. The first-order chi connectivity index (χ1) is 12.7. The van der Waals surface area contributed by atoms with Crippen molar-refractivity contribution in [3.8, 4) is 0 Å². The summed E-state index contributed by atoms with van der Waals surface area (Å²) in [7, 11) is 0. The molecule has 0 heterocycles. The molecule has 3 saturated carbocycles. The van der Waals surface area contributed by atoms with Crippen LogP contribution in [0.1, 0.15) is 73.2 Å². The van der Waals surface area contributed by atoms with Gasteiger partial charge in [0.25, 0.3) is 0 Å². The van der Waals surface area contributed by atoms with E-state index in [9.17, 15) is 22.4 Å². The third-order valence-electron chi connectivity index (χ3n) is 6.24. The predicted molar refractivity (Wildman–Crippen MR) is 94.5 cm³/mol. The third-order valence-corrected chi connectivity index (χ3v) is 6.24. The Hall–Kier alpha value is -1.43. The average Bonchev–Trinajstić information content (AvgIpc) is 3.34. The summed E-state index contributed by atoms with van der Waals surface area (Å²) in [5, 5.41) is 3.49. The summed E-state index contributed by atoms with van der Waals surface area (Å²) in [6.45, 7) is 0. The molecule has 0 aliphatic heterocycles. The van der Waals surface area contributed by atoms with Gasteiger partial charge in [0, 0.05) is 55.7 Å². The van der Waals surface area contributed by atoms with Crippen LogP contribution in [0.15, 0.2) is 24.3 Å². The molecule has 4 rings (SSSR count). The van der Waals surface area contributed by atoms with Crippen LogP contribution in [0.2, 0.25) is 0 Å². The fourth-order valence-corrected chi connectivity index (χ4v) is 4.51. The molecule has 148 valence electrons. The van der Waals surface area contributed by atoms with Crippen LogP contribution < -0.4 is 5.32 Å². The second kappa shape index (κ2) is 6.87. The fourth-order valence-electron chi connectivity index (χ4n) is 4.51. The monoisotopic (exact) mass is 383 g/mol. The van der Waals surface area contributed by atoms with Crippen LogP contribution >= 0.6 is 0 Å². The Kier molecular flexibility index (Phi) is 4.81. The van der Waals surface area contributed by atoms with Crippen molar-refractivity contribution in [2.24, 2.45) is 5.92 Å². The van der Waals surface area contributed by atoms with Crippen molar-refractivity contribution >= 4 is 5.78 Å². The number of rotatable bonds is 6. The standard InChI is InChI=1S/C21H25F4NO/c22-20(23)6-4-16(5-7-20)26-18-10-17(18)14-2-1-3-15(9-14)19(27)8-13-11-21(24,25)12-13/h1-3,9,13,16-18,26H,4-8,10-12H2. The van der Waals surface area contributed by atoms with Gasteiger partial charge in [0.1, 0.15) is 0 Å². The molecular formula is C21H25F4NO. The Morgan fingerprint density at radius 2 is 1.78 bits per heavy atom. The number of alkyl halides is 4. The van der Waals surface area contributed by atoms with Gasteiger partial charge >= 0.3 is 0 Å². The Balaban J connectivity index is 1.29. The molecule has 3 aliphatic carbocycles. The summed E-state index contributed by atoms with van der Waals surface area (Å²) >= 11 is 0. The van der Waals surface area contributed by atoms with E-state index in [1.807, 2.05) is 18.2 Å². The molecule has 1 N–H and O–H groups in total. The van der Waals surface area contributed by atoms with Crippen LogP contribution in [-0.4, -0.2) is 29.7 Å². The number of hydrogen-bond acceptors (Lipinski definition) is 2. The fraction of sp³-hybridized carbons (Fsp3) is 0.667. The van der Waals surface area contributed by atoms with Gasteiger partial charge in [-0.05, 0) is 36.8 Å². The molecule has 0 amide bonds. The molecule has 6 heteroatoms. The lowest BCUT2D eigenvalue weighted by Crippen LogP contribution is -2.38. The summed E-state index contributed by atoms with van der Waals surface area (Å²) in [6.07, 6.45) is 1.65. The summed E-state index contributed by atoms with van der Waals surface area (Å²) in [5.74, 6) is -5.09. The van der Waals surface area contributed by atoms with Gasteiger partial charge in [-0.25, -0.2) is 17.6 Å². The molecule has 3 aliphatic rings. The van der Waals surface area contributed by atoms with Gasteiger partial charge in [0.15, 0.2) is 5.78 Å². The van der Waals surface area contributed by atoms with E-state index in [1.165, 1.54) is 0 Å². The normalized spacial score (nSPS) is 29.9. The quantitative estimate of drug-likeness (QED) is 0.532. The van der Waals surface area contributed by atoms with Gasteiger partial charge < -0.3 is 5.32 Å². The third kappa shape index (κ3) is 4.53. The number of Topliss-reactive ketones (excluding diaryl/α,β-unsaturated/α-hetero) is 1. The van der Waals surface area contributed by atoms with E-state index >= 15 is 0 Å². The van der Waals surface area contributed by atoms with Crippen molar-refractivity contribution in [2.45, 2.75) is 81.2 Å². The van der Waals surface area contributed by atoms with Gasteiger partial charge in [0.05, 0.1) is 0 Å². The van der Waals surface area contributed by atoms with E-state index in [0.29, 0.717) is 24.3 Å². The lowest BCUT2D eigenvalue weighted by atomic mass is 9.77. The summed E-state index contributed by atoms with van der Waals surface area (Å²) in [4.78, 5) is 12.4. The highest BCUT2D eigenvalue weighted by Crippen LogP contribution is 2.45. The zero-order valence-electron chi connectivity index (χ0n) is 15.2. The Morgan fingerprint density at radius 3 is 2.44 bits per heavy atom. The van der Waals surface area contributed by atoms with Crippen LogP contribution in [0.25, 0.3) is 0 Å². The van der Waals surface area contributed by atoms with E-state index < -0.39 is 11.8 Å². The van der Waals surface area contributed by atoms with Gasteiger partial charge in [-0.1, -0.05) is 18.2 Å². The molecule has 27 heavy (non-hydrogen) atoms. The highest BCUT2D eigenvalue weighted by Gasteiger charge is 2.46. The minimum absolute atomic E-state index is 0.0494. The Bertz CT molecular complexity index is 702. The topological polar surface area (TPSA) is 29.1 Å². The van der Waals surface area contributed by atoms with E-state index in [2.05, 4.69) is 5.32 Å². The number of carbonyl (C=O) groups is 1. The zero-order valence-corrected chi connectivity index (χ0v) is 15.2. The highest BCUT2D eigenvalue weighted by molar-refractivity contribution is 5.96. The molecule has 2 nitrogen and oxygen atoms in total. The van der Waals surface area contributed by atoms with Crippen LogP contribution in [0.4, 0.5) is 17.6 Å². The molecule has 0 saturated heterocycles. The van der Waals surface area contributed by atoms with Crippen LogP contribution in [-0.2, 0) is 0 Å². The van der Waals surface area contributed by atoms with E-state index in [-0.39, 0.29) is 55.9 Å². The minimum atomic E-state index is -2.59. The summed E-state index contributed by atoms with van der Waals surface area (Å²) in [5.41, 5.74) is 1.66. The second-order valence-electron chi connectivity index (χ2n) is 8.63. The van der Waals surface area contributed by atoms with E-state index in [4.69, 9.17) is 0 Å². The molecule has 2 unspecified atom stereocenters. The predicted octanol–water partition coefficient (Wildman–Crippen LogP) is 5.33. The number of ketones is 1. The molecule has 0 radical (unpaired) electrons. The smallest absolute Gasteiger partial charge is 0.248 e. The maximum Gasteiger partial charge on any atom is 0.248 e. The second-order valence-corrected chi connectivity index (χ2v) is 8.63. The molecule has 3 fully saturated rings. The SMILES string of the molecule is O=C(CC1CC(F)(F)C1)c1cccc(C2CC2NC2CCC(F)(F)CC2)c1. The van der Waals surface area contributed by atoms with Gasteiger partial charge in [-0.15, -0.1) is 0 Å². The van der Waals surface area contributed by atoms with Gasteiger partial charge in [0.2, 0.25) is 11.8 Å². The van der Waals surface area contributed by atoms with E-state index in [1.54, 1.807) is 6.07 Å². The molecule has 0 bridgehead atoms. The van der Waals surface area contributed by atoms with Gasteiger partial charge in [-0.3, -0.25) is 4.79 Å². The lowest BCUT2D eigenvalue weighted by Gasteiger charge is -2.34. The van der Waals surface area contributed by atoms with Crippen molar-refractivity contribution in [1.29, 1.82) is 0 Å². The van der Waals surface area contributed by atoms with Crippen molar-refractivity contribution in [1.82, 2.24) is 5.32 Å². The number of benzene rings is 1. The maximum atomic E-state index is 13.3.